The maximum Gasteiger partial charge on any atom is 0.256 e. The fourth-order valence-corrected chi connectivity index (χ4v) is 4.72. The van der Waals surface area contributed by atoms with Gasteiger partial charge in [-0.3, -0.25) is 9.59 Å². The second-order valence-electron chi connectivity index (χ2n) is 6.27. The van der Waals surface area contributed by atoms with Crippen LogP contribution in [0.2, 0.25) is 0 Å². The second-order valence-corrected chi connectivity index (χ2v) is 7.37. The molecule has 2 heterocycles. The molecule has 0 saturated heterocycles. The molecule has 6 heteroatoms. The van der Waals surface area contributed by atoms with Crippen LogP contribution in [0.3, 0.4) is 0 Å². The predicted molar refractivity (Wildman–Crippen MR) is 95.5 cm³/mol. The Bertz CT molecular complexity index is 810. The van der Waals surface area contributed by atoms with Crippen LogP contribution in [-0.4, -0.2) is 11.8 Å². The number of carbonyl (C=O) groups excluding carboxylic acids is 2. The summed E-state index contributed by atoms with van der Waals surface area (Å²) < 4.78 is 0. The number of hydrogen-bond acceptors (Lipinski definition) is 4. The number of carbonyl (C=O) groups is 2. The summed E-state index contributed by atoms with van der Waals surface area (Å²) in [5.41, 5.74) is 3.81. The Labute approximate surface area is 144 Å². The van der Waals surface area contributed by atoms with E-state index < -0.39 is 0 Å². The smallest absolute Gasteiger partial charge is 0.256 e. The summed E-state index contributed by atoms with van der Waals surface area (Å²) in [7, 11) is 0. The van der Waals surface area contributed by atoms with Gasteiger partial charge in [0.05, 0.1) is 5.56 Å². The van der Waals surface area contributed by atoms with Crippen molar-refractivity contribution in [3.63, 3.8) is 0 Å². The topological polar surface area (TPSA) is 70.2 Å². The van der Waals surface area contributed by atoms with E-state index in [0.29, 0.717) is 0 Å². The fourth-order valence-electron chi connectivity index (χ4n) is 3.41. The lowest BCUT2D eigenvalue weighted by Gasteiger charge is -2.27. The molecular weight excluding hydrogens is 322 g/mol. The molecule has 1 aromatic carbocycles. The van der Waals surface area contributed by atoms with E-state index in [1.165, 1.54) is 23.8 Å². The van der Waals surface area contributed by atoms with Crippen LogP contribution in [0.25, 0.3) is 0 Å². The molecule has 0 saturated carbocycles. The third kappa shape index (κ3) is 2.67. The maximum atomic E-state index is 12.6. The SMILES string of the molecule is CC(=O)Nc1ccc(C2NC(=O)c3c(sc4c3CCCC4)N2)cc1. The molecule has 2 aliphatic rings. The highest BCUT2D eigenvalue weighted by Gasteiger charge is 2.31. The lowest BCUT2D eigenvalue weighted by Crippen LogP contribution is -2.38. The molecule has 124 valence electrons. The number of benzene rings is 1. The van der Waals surface area contributed by atoms with Gasteiger partial charge in [0.25, 0.3) is 5.91 Å². The summed E-state index contributed by atoms with van der Waals surface area (Å²) in [6, 6.07) is 7.53. The molecule has 24 heavy (non-hydrogen) atoms. The zero-order valence-electron chi connectivity index (χ0n) is 13.4. The summed E-state index contributed by atoms with van der Waals surface area (Å²) in [6.45, 7) is 1.48. The largest absolute Gasteiger partial charge is 0.353 e. The molecule has 0 fully saturated rings. The molecule has 1 aliphatic carbocycles. The summed E-state index contributed by atoms with van der Waals surface area (Å²) in [6.07, 6.45) is 4.22. The minimum absolute atomic E-state index is 0.0130. The number of hydrogen-bond donors (Lipinski definition) is 3. The van der Waals surface area contributed by atoms with Crippen molar-refractivity contribution in [1.29, 1.82) is 0 Å². The molecule has 4 rings (SSSR count). The fraction of sp³-hybridized carbons (Fsp3) is 0.333. The van der Waals surface area contributed by atoms with Crippen LogP contribution >= 0.6 is 11.3 Å². The van der Waals surface area contributed by atoms with E-state index >= 15 is 0 Å². The van der Waals surface area contributed by atoms with Crippen molar-refractivity contribution >= 4 is 33.8 Å². The van der Waals surface area contributed by atoms with Crippen LogP contribution in [0.15, 0.2) is 24.3 Å². The van der Waals surface area contributed by atoms with Gasteiger partial charge in [-0.1, -0.05) is 12.1 Å². The Morgan fingerprint density at radius 3 is 2.67 bits per heavy atom. The third-order valence-electron chi connectivity index (χ3n) is 4.51. The van der Waals surface area contributed by atoms with Gasteiger partial charge in [0.1, 0.15) is 11.2 Å². The van der Waals surface area contributed by atoms with E-state index in [9.17, 15) is 9.59 Å². The summed E-state index contributed by atoms with van der Waals surface area (Å²) in [5, 5.41) is 10.3. The average Bonchev–Trinajstić information content (AvgIpc) is 2.93. The molecule has 1 atom stereocenters. The van der Waals surface area contributed by atoms with Gasteiger partial charge in [-0.15, -0.1) is 11.3 Å². The first kappa shape index (κ1) is 15.2. The molecule has 1 aromatic heterocycles. The minimum Gasteiger partial charge on any atom is -0.353 e. The Morgan fingerprint density at radius 1 is 1.17 bits per heavy atom. The van der Waals surface area contributed by atoms with Gasteiger partial charge in [0.15, 0.2) is 0 Å². The minimum atomic E-state index is -0.239. The van der Waals surface area contributed by atoms with E-state index in [0.717, 1.165) is 41.1 Å². The van der Waals surface area contributed by atoms with E-state index in [2.05, 4.69) is 16.0 Å². The quantitative estimate of drug-likeness (QED) is 0.784. The van der Waals surface area contributed by atoms with Gasteiger partial charge in [-0.25, -0.2) is 0 Å². The molecular formula is C18H19N3O2S. The number of rotatable bonds is 2. The first-order chi connectivity index (χ1) is 11.6. The Morgan fingerprint density at radius 2 is 1.92 bits per heavy atom. The summed E-state index contributed by atoms with van der Waals surface area (Å²) in [5.74, 6) is -0.0836. The van der Waals surface area contributed by atoms with Crippen molar-refractivity contribution < 1.29 is 9.59 Å². The Kier molecular flexibility index (Phi) is 3.76. The zero-order valence-corrected chi connectivity index (χ0v) is 14.3. The summed E-state index contributed by atoms with van der Waals surface area (Å²) in [4.78, 5) is 25.1. The standard InChI is InChI=1S/C18H19N3O2S/c1-10(22)19-12-8-6-11(7-9-12)16-20-17(23)15-13-4-2-3-5-14(13)24-18(15)21-16/h6-9,16,21H,2-5H2,1H3,(H,19,22)(H,20,23). The van der Waals surface area contributed by atoms with Gasteiger partial charge >= 0.3 is 0 Å². The highest BCUT2D eigenvalue weighted by Crippen LogP contribution is 2.41. The van der Waals surface area contributed by atoms with E-state index in [-0.39, 0.29) is 18.0 Å². The van der Waals surface area contributed by atoms with Crippen molar-refractivity contribution in [1.82, 2.24) is 5.32 Å². The van der Waals surface area contributed by atoms with Crippen molar-refractivity contribution in [3.8, 4) is 0 Å². The van der Waals surface area contributed by atoms with Gasteiger partial charge in [-0.2, -0.15) is 0 Å². The van der Waals surface area contributed by atoms with Crippen LogP contribution < -0.4 is 16.0 Å². The molecule has 3 N–H and O–H groups in total. The number of thiophene rings is 1. The van der Waals surface area contributed by atoms with Gasteiger partial charge in [0, 0.05) is 17.5 Å². The molecule has 0 radical (unpaired) electrons. The van der Waals surface area contributed by atoms with Crippen LogP contribution in [0, 0.1) is 0 Å². The van der Waals surface area contributed by atoms with E-state index in [1.54, 1.807) is 11.3 Å². The highest BCUT2D eigenvalue weighted by atomic mass is 32.1. The Balaban J connectivity index is 1.60. The molecule has 2 aromatic rings. The van der Waals surface area contributed by atoms with Gasteiger partial charge in [-0.05, 0) is 48.9 Å². The third-order valence-corrected chi connectivity index (χ3v) is 5.74. The number of amides is 2. The number of aryl methyl sites for hydroxylation is 1. The first-order valence-corrected chi connectivity index (χ1v) is 9.03. The second kappa shape index (κ2) is 5.94. The van der Waals surface area contributed by atoms with Crippen molar-refractivity contribution in [3.05, 3.63) is 45.8 Å². The molecule has 5 nitrogen and oxygen atoms in total. The number of anilines is 2. The predicted octanol–water partition coefficient (Wildman–Crippen LogP) is 3.44. The van der Waals surface area contributed by atoms with Crippen LogP contribution in [0.5, 0.6) is 0 Å². The zero-order chi connectivity index (χ0) is 16.7. The van der Waals surface area contributed by atoms with E-state index in [4.69, 9.17) is 0 Å². The highest BCUT2D eigenvalue weighted by molar-refractivity contribution is 7.16. The van der Waals surface area contributed by atoms with Crippen LogP contribution in [-0.2, 0) is 17.6 Å². The number of nitrogens with one attached hydrogen (secondary N) is 3. The normalized spacial score (nSPS) is 18.9. The first-order valence-electron chi connectivity index (χ1n) is 8.21. The average molecular weight is 341 g/mol. The molecule has 0 bridgehead atoms. The van der Waals surface area contributed by atoms with Crippen molar-refractivity contribution in [2.75, 3.05) is 10.6 Å². The van der Waals surface area contributed by atoms with Gasteiger partial charge < -0.3 is 16.0 Å². The molecule has 1 aliphatic heterocycles. The van der Waals surface area contributed by atoms with Gasteiger partial charge in [0.2, 0.25) is 5.91 Å². The monoisotopic (exact) mass is 341 g/mol. The molecule has 1 unspecified atom stereocenters. The number of fused-ring (bicyclic) bond motifs is 3. The van der Waals surface area contributed by atoms with E-state index in [1.807, 2.05) is 24.3 Å². The lowest BCUT2D eigenvalue weighted by molar-refractivity contribution is -0.114. The maximum absolute atomic E-state index is 12.6. The molecule has 2 amide bonds. The van der Waals surface area contributed by atoms with Crippen LogP contribution in [0.4, 0.5) is 10.7 Å². The summed E-state index contributed by atoms with van der Waals surface area (Å²) >= 11 is 1.72. The van der Waals surface area contributed by atoms with Crippen molar-refractivity contribution in [2.45, 2.75) is 38.8 Å². The molecule has 0 spiro atoms. The Hall–Kier alpha value is -2.34. The van der Waals surface area contributed by atoms with Crippen LogP contribution in [0.1, 0.15) is 52.3 Å². The lowest BCUT2D eigenvalue weighted by atomic mass is 9.94. The van der Waals surface area contributed by atoms with Crippen molar-refractivity contribution in [2.24, 2.45) is 0 Å².